The van der Waals surface area contributed by atoms with Gasteiger partial charge in [-0.05, 0) is 44.9 Å². The number of carbonyl (C=O) groups excluding carboxylic acids is 1. The first-order valence-electron chi connectivity index (χ1n) is 19.4. The number of quaternary nitrogens is 1. The SMILES string of the molecule is CCCCCCCCC/C=C/CC/C=C/CC/C=C/C(O)C(COP(=O)([O-])OCC[N+](C)(C)C)NC(=O)CCCCCCCCCCC. The molecule has 0 heterocycles. The Morgan fingerprint density at radius 2 is 1.17 bits per heavy atom. The molecular weight excluding hydrogens is 623 g/mol. The molecule has 282 valence electrons. The van der Waals surface area contributed by atoms with E-state index in [1.807, 2.05) is 27.2 Å². The molecule has 2 N–H and O–H groups in total. The van der Waals surface area contributed by atoms with E-state index in [2.05, 4.69) is 43.5 Å². The van der Waals surface area contributed by atoms with Crippen molar-refractivity contribution in [2.45, 2.75) is 167 Å². The molecule has 0 radical (unpaired) electrons. The van der Waals surface area contributed by atoms with Gasteiger partial charge in [0.25, 0.3) is 7.82 Å². The van der Waals surface area contributed by atoms with E-state index in [1.165, 1.54) is 89.9 Å². The molecule has 0 rings (SSSR count). The Hall–Kier alpha value is -1.28. The van der Waals surface area contributed by atoms with Crippen LogP contribution in [0.25, 0.3) is 0 Å². The van der Waals surface area contributed by atoms with Crippen molar-refractivity contribution >= 4 is 13.7 Å². The lowest BCUT2D eigenvalue weighted by molar-refractivity contribution is -0.870. The van der Waals surface area contributed by atoms with Crippen LogP contribution in [0, 0.1) is 0 Å². The molecule has 0 aromatic heterocycles. The molecule has 3 atom stereocenters. The first-order chi connectivity index (χ1) is 23.0. The number of carbonyl (C=O) groups is 1. The fourth-order valence-electron chi connectivity index (χ4n) is 5.18. The van der Waals surface area contributed by atoms with Crippen LogP contribution in [0.15, 0.2) is 36.5 Å². The van der Waals surface area contributed by atoms with Crippen LogP contribution in [0.3, 0.4) is 0 Å². The maximum Gasteiger partial charge on any atom is 0.268 e. The van der Waals surface area contributed by atoms with Gasteiger partial charge in [-0.15, -0.1) is 0 Å². The van der Waals surface area contributed by atoms with E-state index < -0.39 is 26.6 Å². The van der Waals surface area contributed by atoms with Gasteiger partial charge in [0.05, 0.1) is 39.9 Å². The Morgan fingerprint density at radius 1 is 0.708 bits per heavy atom. The molecule has 0 bridgehead atoms. The molecule has 0 aliphatic rings. The van der Waals surface area contributed by atoms with Gasteiger partial charge in [0.2, 0.25) is 5.91 Å². The molecule has 9 heteroatoms. The Kier molecular flexibility index (Phi) is 30.8. The minimum atomic E-state index is -4.59. The quantitative estimate of drug-likeness (QED) is 0.0300. The van der Waals surface area contributed by atoms with Crippen molar-refractivity contribution < 1.29 is 32.9 Å². The summed E-state index contributed by atoms with van der Waals surface area (Å²) in [5.41, 5.74) is 0. The number of allylic oxidation sites excluding steroid dienone is 5. The molecule has 3 unspecified atom stereocenters. The third-order valence-corrected chi connectivity index (χ3v) is 9.29. The number of likely N-dealkylation sites (N-methyl/N-ethyl adjacent to an activating group) is 1. The lowest BCUT2D eigenvalue weighted by atomic mass is 10.1. The Balaban J connectivity index is 4.59. The van der Waals surface area contributed by atoms with Gasteiger partial charge < -0.3 is 28.8 Å². The number of aliphatic hydroxyl groups excluding tert-OH is 1. The maximum atomic E-state index is 12.7. The number of unbranched alkanes of at least 4 members (excludes halogenated alkanes) is 17. The molecule has 48 heavy (non-hydrogen) atoms. The van der Waals surface area contributed by atoms with Crippen LogP contribution in [0.5, 0.6) is 0 Å². The molecule has 0 aliphatic heterocycles. The third-order valence-electron chi connectivity index (χ3n) is 8.33. The third kappa shape index (κ3) is 33.2. The van der Waals surface area contributed by atoms with Crippen LogP contribution in [0.4, 0.5) is 0 Å². The fraction of sp³-hybridized carbons (Fsp3) is 0.821. The molecular formula is C39H75N2O6P. The number of phosphoric acid groups is 1. The van der Waals surface area contributed by atoms with E-state index in [9.17, 15) is 19.4 Å². The van der Waals surface area contributed by atoms with Crippen molar-refractivity contribution in [3.63, 3.8) is 0 Å². The van der Waals surface area contributed by atoms with Crippen LogP contribution < -0.4 is 10.2 Å². The van der Waals surface area contributed by atoms with Crippen molar-refractivity contribution in [1.82, 2.24) is 5.32 Å². The summed E-state index contributed by atoms with van der Waals surface area (Å²) in [6, 6.07) is -0.903. The molecule has 0 spiro atoms. The van der Waals surface area contributed by atoms with Gasteiger partial charge in [0.15, 0.2) is 0 Å². The van der Waals surface area contributed by atoms with Crippen molar-refractivity contribution in [2.24, 2.45) is 0 Å². The molecule has 0 saturated heterocycles. The fourth-order valence-corrected chi connectivity index (χ4v) is 5.90. The van der Waals surface area contributed by atoms with Crippen LogP contribution in [-0.4, -0.2) is 68.5 Å². The van der Waals surface area contributed by atoms with E-state index >= 15 is 0 Å². The second kappa shape index (κ2) is 31.7. The van der Waals surface area contributed by atoms with E-state index in [1.54, 1.807) is 6.08 Å². The summed E-state index contributed by atoms with van der Waals surface area (Å²) in [5, 5.41) is 13.6. The first-order valence-corrected chi connectivity index (χ1v) is 20.8. The molecule has 0 fully saturated rings. The normalized spacial score (nSPS) is 15.1. The number of hydrogen-bond acceptors (Lipinski definition) is 6. The summed E-state index contributed by atoms with van der Waals surface area (Å²) in [6.07, 6.45) is 36.2. The maximum absolute atomic E-state index is 12.7. The molecule has 0 aromatic rings. The van der Waals surface area contributed by atoms with E-state index in [-0.39, 0.29) is 12.5 Å². The van der Waals surface area contributed by atoms with Gasteiger partial charge in [-0.2, -0.15) is 0 Å². The Morgan fingerprint density at radius 3 is 1.69 bits per heavy atom. The molecule has 1 amide bonds. The van der Waals surface area contributed by atoms with Crippen molar-refractivity contribution in [3.8, 4) is 0 Å². The van der Waals surface area contributed by atoms with Gasteiger partial charge in [-0.3, -0.25) is 9.36 Å². The monoisotopic (exact) mass is 699 g/mol. The molecule has 0 aliphatic carbocycles. The summed E-state index contributed by atoms with van der Waals surface area (Å²) in [4.78, 5) is 25.1. The second-order valence-corrected chi connectivity index (χ2v) is 15.7. The van der Waals surface area contributed by atoms with E-state index in [0.29, 0.717) is 17.4 Å². The van der Waals surface area contributed by atoms with Crippen LogP contribution in [0.2, 0.25) is 0 Å². The van der Waals surface area contributed by atoms with Crippen molar-refractivity contribution in [3.05, 3.63) is 36.5 Å². The Labute approximate surface area is 296 Å². The number of phosphoric ester groups is 1. The summed E-state index contributed by atoms with van der Waals surface area (Å²) in [6.45, 7) is 4.56. The number of nitrogens with one attached hydrogen (secondary N) is 1. The number of hydrogen-bond donors (Lipinski definition) is 2. The summed E-state index contributed by atoms with van der Waals surface area (Å²) in [5.74, 6) is -0.218. The number of nitrogens with zero attached hydrogens (tertiary/aromatic N) is 1. The highest BCUT2D eigenvalue weighted by Crippen LogP contribution is 2.38. The first kappa shape index (κ1) is 46.7. The zero-order chi connectivity index (χ0) is 35.8. The van der Waals surface area contributed by atoms with Gasteiger partial charge in [0, 0.05) is 6.42 Å². The van der Waals surface area contributed by atoms with Gasteiger partial charge in [0.1, 0.15) is 13.2 Å². The highest BCUT2D eigenvalue weighted by molar-refractivity contribution is 7.45. The van der Waals surface area contributed by atoms with Crippen LogP contribution in [0.1, 0.15) is 155 Å². The molecule has 0 saturated carbocycles. The predicted octanol–water partition coefficient (Wildman–Crippen LogP) is 9.33. The topological polar surface area (TPSA) is 108 Å². The largest absolute Gasteiger partial charge is 0.756 e. The van der Waals surface area contributed by atoms with E-state index in [4.69, 9.17) is 9.05 Å². The van der Waals surface area contributed by atoms with Gasteiger partial charge in [-0.25, -0.2) is 0 Å². The van der Waals surface area contributed by atoms with Crippen LogP contribution >= 0.6 is 7.82 Å². The zero-order valence-electron chi connectivity index (χ0n) is 31.7. The molecule has 0 aromatic carbocycles. The standard InChI is InChI=1S/C39H75N2O6P/c1-6-8-10-12-14-16-17-18-19-20-21-22-23-25-26-28-30-32-38(42)37(36-47-48(44,45)46-35-34-41(3,4)5)40-39(43)33-31-29-27-24-15-13-11-9-7-2/h19-20,23,25,30,32,37-38,42H,6-18,21-22,24,26-29,31,33-36H2,1-5H3,(H-,40,43,44,45)/b20-19+,25-23+,32-30+. The average Bonchev–Trinajstić information content (AvgIpc) is 3.02. The summed E-state index contributed by atoms with van der Waals surface area (Å²) in [7, 11) is 1.23. The van der Waals surface area contributed by atoms with Crippen molar-refractivity contribution in [1.29, 1.82) is 0 Å². The lowest BCUT2D eigenvalue weighted by Gasteiger charge is -2.29. The van der Waals surface area contributed by atoms with Crippen molar-refractivity contribution in [2.75, 3.05) is 40.9 Å². The molecule has 8 nitrogen and oxygen atoms in total. The lowest BCUT2D eigenvalue weighted by Crippen LogP contribution is -2.45. The highest BCUT2D eigenvalue weighted by atomic mass is 31.2. The average molecular weight is 699 g/mol. The Bertz CT molecular complexity index is 886. The highest BCUT2D eigenvalue weighted by Gasteiger charge is 2.23. The summed E-state index contributed by atoms with van der Waals surface area (Å²) >= 11 is 0. The zero-order valence-corrected chi connectivity index (χ0v) is 32.6. The smallest absolute Gasteiger partial charge is 0.268 e. The van der Waals surface area contributed by atoms with Gasteiger partial charge in [-0.1, -0.05) is 140 Å². The van der Waals surface area contributed by atoms with Gasteiger partial charge >= 0.3 is 0 Å². The number of amides is 1. The number of rotatable bonds is 34. The van der Waals surface area contributed by atoms with E-state index in [0.717, 1.165) is 44.9 Å². The number of aliphatic hydroxyl groups is 1. The van der Waals surface area contributed by atoms with Crippen LogP contribution in [-0.2, 0) is 18.4 Å². The second-order valence-electron chi connectivity index (χ2n) is 14.3. The predicted molar refractivity (Wildman–Crippen MR) is 201 cm³/mol. The summed E-state index contributed by atoms with van der Waals surface area (Å²) < 4.78 is 23.0. The minimum absolute atomic E-state index is 0.00851. The minimum Gasteiger partial charge on any atom is -0.756 e.